The third kappa shape index (κ3) is 6.35. The van der Waals surface area contributed by atoms with E-state index in [0.717, 1.165) is 0 Å². The van der Waals surface area contributed by atoms with Crippen LogP contribution in [0.1, 0.15) is 27.2 Å². The first-order chi connectivity index (χ1) is 9.69. The largest absolute Gasteiger partial charge is 0.504 e. The highest BCUT2D eigenvalue weighted by Crippen LogP contribution is 2.31. The molecular formula is C14H19ClN2O4. The molecule has 1 aromatic rings. The molecule has 0 atom stereocenters. The first kappa shape index (κ1) is 17.1. The van der Waals surface area contributed by atoms with E-state index in [0.29, 0.717) is 0 Å². The lowest BCUT2D eigenvalue weighted by molar-refractivity contribution is -0.116. The number of phenolic OH excluding ortho intramolecular Hbond substituents is 1. The Bertz CT molecular complexity index is 526. The van der Waals surface area contributed by atoms with Crippen LogP contribution >= 0.6 is 11.6 Å². The highest BCUT2D eigenvalue weighted by Gasteiger charge is 2.16. The number of phenols is 1. The summed E-state index contributed by atoms with van der Waals surface area (Å²) in [6.07, 6.45) is -0.536. The molecule has 6 nitrogen and oxygen atoms in total. The molecule has 1 rings (SSSR count). The van der Waals surface area contributed by atoms with Crippen molar-refractivity contribution in [3.05, 3.63) is 23.2 Å². The first-order valence-corrected chi connectivity index (χ1v) is 6.81. The van der Waals surface area contributed by atoms with Gasteiger partial charge < -0.3 is 20.5 Å². The molecule has 0 radical (unpaired) electrons. The Hall–Kier alpha value is -1.95. The third-order valence-electron chi connectivity index (χ3n) is 2.28. The molecule has 0 saturated carbocycles. The van der Waals surface area contributed by atoms with Crippen molar-refractivity contribution in [3.63, 3.8) is 0 Å². The van der Waals surface area contributed by atoms with Gasteiger partial charge in [-0.3, -0.25) is 4.79 Å². The minimum Gasteiger partial charge on any atom is -0.504 e. The number of aromatic hydroxyl groups is 1. The molecule has 0 aromatic heterocycles. The predicted molar refractivity (Wildman–Crippen MR) is 80.6 cm³/mol. The quantitative estimate of drug-likeness (QED) is 0.746. The van der Waals surface area contributed by atoms with Crippen LogP contribution in [0.2, 0.25) is 5.02 Å². The second kappa shape index (κ2) is 7.17. The Morgan fingerprint density at radius 1 is 1.33 bits per heavy atom. The average Bonchev–Trinajstić information content (AvgIpc) is 2.32. The molecule has 0 aliphatic heterocycles. The lowest BCUT2D eigenvalue weighted by Gasteiger charge is -2.19. The summed E-state index contributed by atoms with van der Waals surface area (Å²) in [5.74, 6) is -0.545. The highest BCUT2D eigenvalue weighted by atomic mass is 35.5. The molecule has 0 spiro atoms. The minimum atomic E-state index is -0.584. The fourth-order valence-corrected chi connectivity index (χ4v) is 1.60. The van der Waals surface area contributed by atoms with E-state index in [1.54, 1.807) is 26.8 Å². The molecule has 7 heteroatoms. The van der Waals surface area contributed by atoms with Crippen molar-refractivity contribution in [2.75, 3.05) is 11.9 Å². The highest BCUT2D eigenvalue weighted by molar-refractivity contribution is 6.32. The van der Waals surface area contributed by atoms with Crippen molar-refractivity contribution in [1.29, 1.82) is 0 Å². The predicted octanol–water partition coefficient (Wildman–Crippen LogP) is 2.90. The van der Waals surface area contributed by atoms with Crippen LogP contribution in [-0.2, 0) is 9.53 Å². The van der Waals surface area contributed by atoms with Gasteiger partial charge in [0.15, 0.2) is 5.75 Å². The number of nitrogens with one attached hydrogen (secondary N) is 2. The number of anilines is 1. The smallest absolute Gasteiger partial charge is 0.407 e. The lowest BCUT2D eigenvalue weighted by atomic mass is 10.2. The van der Waals surface area contributed by atoms with Crippen LogP contribution in [0.15, 0.2) is 18.2 Å². The van der Waals surface area contributed by atoms with Gasteiger partial charge in [0, 0.05) is 13.0 Å². The van der Waals surface area contributed by atoms with Gasteiger partial charge in [-0.2, -0.15) is 0 Å². The topological polar surface area (TPSA) is 87.7 Å². The number of carbonyl (C=O) groups excluding carboxylic acids is 2. The summed E-state index contributed by atoms with van der Waals surface area (Å²) >= 11 is 5.73. The van der Waals surface area contributed by atoms with Crippen molar-refractivity contribution < 1.29 is 19.4 Å². The van der Waals surface area contributed by atoms with E-state index in [1.165, 1.54) is 12.1 Å². The zero-order valence-electron chi connectivity index (χ0n) is 12.2. The van der Waals surface area contributed by atoms with E-state index in [1.807, 2.05) is 0 Å². The van der Waals surface area contributed by atoms with Crippen molar-refractivity contribution >= 4 is 29.3 Å². The van der Waals surface area contributed by atoms with E-state index in [-0.39, 0.29) is 35.3 Å². The van der Waals surface area contributed by atoms with Crippen LogP contribution in [0, 0.1) is 0 Å². The molecule has 116 valence electrons. The molecule has 0 fully saturated rings. The zero-order valence-corrected chi connectivity index (χ0v) is 13.0. The number of carbonyl (C=O) groups is 2. The number of hydrogen-bond acceptors (Lipinski definition) is 4. The molecular weight excluding hydrogens is 296 g/mol. The van der Waals surface area contributed by atoms with Gasteiger partial charge in [0.1, 0.15) is 5.60 Å². The number of amides is 2. The van der Waals surface area contributed by atoms with Crippen LogP contribution in [0.4, 0.5) is 10.5 Å². The molecule has 0 saturated heterocycles. The third-order valence-corrected chi connectivity index (χ3v) is 2.59. The maximum absolute atomic E-state index is 11.7. The van der Waals surface area contributed by atoms with Gasteiger partial charge in [0.2, 0.25) is 5.91 Å². The molecule has 2 amide bonds. The SMILES string of the molecule is CC(C)(C)OC(=O)NCCC(=O)Nc1cccc(Cl)c1O. The summed E-state index contributed by atoms with van der Waals surface area (Å²) in [5, 5.41) is 14.8. The van der Waals surface area contributed by atoms with Gasteiger partial charge in [0.05, 0.1) is 10.7 Å². The summed E-state index contributed by atoms with van der Waals surface area (Å²) in [5.41, 5.74) is -0.358. The van der Waals surface area contributed by atoms with E-state index in [4.69, 9.17) is 16.3 Å². The number of ether oxygens (including phenoxy) is 1. The summed E-state index contributed by atoms with van der Waals surface area (Å²) < 4.78 is 5.03. The van der Waals surface area contributed by atoms with Crippen LogP contribution in [-0.4, -0.2) is 29.3 Å². The van der Waals surface area contributed by atoms with Crippen LogP contribution in [0.5, 0.6) is 5.75 Å². The number of rotatable bonds is 4. The van der Waals surface area contributed by atoms with Crippen molar-refractivity contribution in [1.82, 2.24) is 5.32 Å². The van der Waals surface area contributed by atoms with Crippen LogP contribution < -0.4 is 10.6 Å². The van der Waals surface area contributed by atoms with Gasteiger partial charge in [-0.15, -0.1) is 0 Å². The fraction of sp³-hybridized carbons (Fsp3) is 0.429. The standard InChI is InChI=1S/C14H19ClN2O4/c1-14(2,3)21-13(20)16-8-7-11(18)17-10-6-4-5-9(15)12(10)19/h4-6,19H,7-8H2,1-3H3,(H,16,20)(H,17,18). The summed E-state index contributed by atoms with van der Waals surface area (Å²) in [6, 6.07) is 4.65. The van der Waals surface area contributed by atoms with E-state index < -0.39 is 11.7 Å². The van der Waals surface area contributed by atoms with Crippen molar-refractivity contribution in [2.45, 2.75) is 32.8 Å². The molecule has 0 bridgehead atoms. The summed E-state index contributed by atoms with van der Waals surface area (Å²) in [4.78, 5) is 23.1. The summed E-state index contributed by atoms with van der Waals surface area (Å²) in [6.45, 7) is 5.38. The Balaban J connectivity index is 2.38. The van der Waals surface area contributed by atoms with Gasteiger partial charge in [-0.05, 0) is 32.9 Å². The molecule has 0 aliphatic rings. The maximum atomic E-state index is 11.7. The number of alkyl carbamates (subject to hydrolysis) is 1. The first-order valence-electron chi connectivity index (χ1n) is 6.43. The molecule has 1 aromatic carbocycles. The second-order valence-corrected chi connectivity index (χ2v) is 5.77. The normalized spacial score (nSPS) is 10.9. The van der Waals surface area contributed by atoms with E-state index in [2.05, 4.69) is 10.6 Å². The van der Waals surface area contributed by atoms with Crippen molar-refractivity contribution in [3.8, 4) is 5.75 Å². The Morgan fingerprint density at radius 3 is 2.62 bits per heavy atom. The fourth-order valence-electron chi connectivity index (χ4n) is 1.42. The Morgan fingerprint density at radius 2 is 2.00 bits per heavy atom. The van der Waals surface area contributed by atoms with Gasteiger partial charge in [0.25, 0.3) is 0 Å². The maximum Gasteiger partial charge on any atom is 0.407 e. The molecule has 0 aliphatic carbocycles. The summed E-state index contributed by atoms with van der Waals surface area (Å²) in [7, 11) is 0. The van der Waals surface area contributed by atoms with Gasteiger partial charge in [-0.25, -0.2) is 4.79 Å². The van der Waals surface area contributed by atoms with E-state index in [9.17, 15) is 14.7 Å². The molecule has 0 heterocycles. The molecule has 0 unspecified atom stereocenters. The minimum absolute atomic E-state index is 0.0468. The molecule has 21 heavy (non-hydrogen) atoms. The van der Waals surface area contributed by atoms with Crippen molar-refractivity contribution in [2.24, 2.45) is 0 Å². The number of hydrogen-bond donors (Lipinski definition) is 3. The number of para-hydroxylation sites is 1. The monoisotopic (exact) mass is 314 g/mol. The second-order valence-electron chi connectivity index (χ2n) is 5.36. The van der Waals surface area contributed by atoms with Gasteiger partial charge in [-0.1, -0.05) is 17.7 Å². The number of benzene rings is 1. The molecule has 3 N–H and O–H groups in total. The number of halogens is 1. The van der Waals surface area contributed by atoms with Crippen LogP contribution in [0.25, 0.3) is 0 Å². The zero-order chi connectivity index (χ0) is 16.0. The van der Waals surface area contributed by atoms with Crippen LogP contribution in [0.3, 0.4) is 0 Å². The Kier molecular flexibility index (Phi) is 5.84. The Labute approximate surface area is 128 Å². The lowest BCUT2D eigenvalue weighted by Crippen LogP contribution is -2.34. The van der Waals surface area contributed by atoms with E-state index >= 15 is 0 Å². The van der Waals surface area contributed by atoms with Gasteiger partial charge >= 0.3 is 6.09 Å². The average molecular weight is 315 g/mol.